The minimum Gasteiger partial charge on any atom is -0.496 e. The van der Waals surface area contributed by atoms with Crippen molar-refractivity contribution >= 4 is 46.2 Å². The second-order valence-corrected chi connectivity index (χ2v) is 16.6. The van der Waals surface area contributed by atoms with Gasteiger partial charge in [-0.3, -0.25) is 18.4 Å². The third-order valence-corrected chi connectivity index (χ3v) is 11.7. The lowest BCUT2D eigenvalue weighted by Gasteiger charge is -2.22. The molecule has 0 aliphatic heterocycles. The molecule has 64 heavy (non-hydrogen) atoms. The van der Waals surface area contributed by atoms with Crippen LogP contribution in [0.5, 0.6) is 11.5 Å². The van der Waals surface area contributed by atoms with E-state index in [2.05, 4.69) is 0 Å². The summed E-state index contributed by atoms with van der Waals surface area (Å²) >= 11 is 11.8. The van der Waals surface area contributed by atoms with Crippen LogP contribution in [0.1, 0.15) is 101 Å². The molecule has 0 unspecified atom stereocenters. The van der Waals surface area contributed by atoms with Gasteiger partial charge in [-0.25, -0.2) is 18.4 Å². The average Bonchev–Trinajstić information content (AvgIpc) is 3.25. The molecule has 0 saturated carbocycles. The van der Waals surface area contributed by atoms with Gasteiger partial charge in [0.15, 0.2) is 0 Å². The van der Waals surface area contributed by atoms with Crippen molar-refractivity contribution < 1.29 is 47.9 Å². The third-order valence-electron chi connectivity index (χ3n) is 11.1. The lowest BCUT2D eigenvalue weighted by atomic mass is 9.87. The average molecular weight is 924 g/mol. The number of aromatic nitrogens is 2. The van der Waals surface area contributed by atoms with Gasteiger partial charge in [0, 0.05) is 60.3 Å². The maximum Gasteiger partial charge on any atom is 0.343 e. The van der Waals surface area contributed by atoms with Gasteiger partial charge in [0.1, 0.15) is 34.3 Å². The summed E-state index contributed by atoms with van der Waals surface area (Å²) in [6, 6.07) is 15.4. The molecule has 0 fully saturated rings. The first kappa shape index (κ1) is 49.2. The minimum atomic E-state index is -1.36. The van der Waals surface area contributed by atoms with Crippen molar-refractivity contribution in [1.82, 2.24) is 8.80 Å². The van der Waals surface area contributed by atoms with Crippen molar-refractivity contribution in [1.29, 1.82) is 0 Å². The summed E-state index contributed by atoms with van der Waals surface area (Å²) in [6.45, 7) is 9.07. The molecular weight excluding hydrogens is 873 g/mol. The van der Waals surface area contributed by atoms with Crippen LogP contribution in [-0.2, 0) is 17.6 Å². The van der Waals surface area contributed by atoms with Crippen molar-refractivity contribution in [2.24, 2.45) is 11.8 Å². The monoisotopic (exact) mass is 922 g/mol. The first-order valence-electron chi connectivity index (χ1n) is 20.4. The number of methoxy groups -OCH3 is 2. The number of benzene rings is 2. The Hall–Kier alpha value is -5.80. The Bertz CT molecular complexity index is 2820. The van der Waals surface area contributed by atoms with Gasteiger partial charge in [0.25, 0.3) is 11.1 Å². The maximum atomic E-state index is 14.5. The van der Waals surface area contributed by atoms with Gasteiger partial charge in [0.05, 0.1) is 55.1 Å². The minimum absolute atomic E-state index is 0.000900. The molecule has 0 radical (unpaired) electrons. The van der Waals surface area contributed by atoms with Crippen LogP contribution in [0.15, 0.2) is 82.6 Å². The quantitative estimate of drug-likeness (QED) is 0.0849. The summed E-state index contributed by atoms with van der Waals surface area (Å²) in [5.41, 5.74) is 1.90. The van der Waals surface area contributed by atoms with E-state index < -0.39 is 46.2 Å². The summed E-state index contributed by atoms with van der Waals surface area (Å²) in [5, 5.41) is 29.5. The molecule has 0 saturated heterocycles. The van der Waals surface area contributed by atoms with Crippen LogP contribution < -0.4 is 20.6 Å². The molecule has 0 spiro atoms. The zero-order valence-electron chi connectivity index (χ0n) is 36.4. The number of pyridine rings is 4. The molecule has 0 amide bonds. The van der Waals surface area contributed by atoms with E-state index in [-0.39, 0.29) is 66.0 Å². The van der Waals surface area contributed by atoms with E-state index in [1.165, 1.54) is 59.7 Å². The Balaban J connectivity index is 0.000000241. The summed E-state index contributed by atoms with van der Waals surface area (Å²) in [6.07, 6.45) is 3.20. The summed E-state index contributed by atoms with van der Waals surface area (Å²) in [4.78, 5) is 50.4. The second-order valence-electron chi connectivity index (χ2n) is 15.8. The Morgan fingerprint density at radius 3 is 1.44 bits per heavy atom. The van der Waals surface area contributed by atoms with Crippen molar-refractivity contribution in [3.05, 3.63) is 160 Å². The number of fused-ring (bicyclic) bond motifs is 2. The fraction of sp³-hybridized carbons (Fsp3) is 0.333. The number of rotatable bonds is 15. The molecule has 12 nitrogen and oxygen atoms in total. The Morgan fingerprint density at radius 1 is 0.672 bits per heavy atom. The zero-order chi connectivity index (χ0) is 47.2. The molecular formula is C48H50Cl2F2N2O10. The van der Waals surface area contributed by atoms with Gasteiger partial charge < -0.3 is 29.5 Å². The Labute approximate surface area is 378 Å². The second kappa shape index (κ2) is 21.3. The van der Waals surface area contributed by atoms with E-state index in [0.29, 0.717) is 55.9 Å². The number of carboxylic acids is 1. The third kappa shape index (κ3) is 10.3. The molecule has 0 aliphatic carbocycles. The van der Waals surface area contributed by atoms with Crippen molar-refractivity contribution in [3.63, 3.8) is 0 Å². The summed E-state index contributed by atoms with van der Waals surface area (Å²) in [5.74, 6) is -3.09. The Morgan fingerprint density at radius 2 is 1.08 bits per heavy atom. The highest BCUT2D eigenvalue weighted by Gasteiger charge is 2.26. The van der Waals surface area contributed by atoms with Gasteiger partial charge in [0.2, 0.25) is 0 Å². The number of esters is 1. The van der Waals surface area contributed by atoms with E-state index in [4.69, 9.17) is 37.4 Å². The first-order valence-corrected chi connectivity index (χ1v) is 21.2. The molecule has 4 heterocycles. The van der Waals surface area contributed by atoms with E-state index in [9.17, 15) is 43.3 Å². The molecule has 16 heteroatoms. The number of hydrogen-bond donors (Lipinski definition) is 3. The van der Waals surface area contributed by atoms with E-state index in [1.807, 2.05) is 27.7 Å². The number of hydrogen-bond acceptors (Lipinski definition) is 9. The smallest absolute Gasteiger partial charge is 0.343 e. The van der Waals surface area contributed by atoms with Crippen LogP contribution in [-0.4, -0.2) is 70.1 Å². The standard InChI is InChI=1S/C25H27ClFNO5.C23H23ClFNO5/c1-5-33-25(31)18-10-17(19(13-29)14(2)3)21-11-22(32-4)16(12-28(21)24(18)30)9-15-7-6-8-20(26)23(15)27;1-12(2)17(11-27)15-8-16(23(29)30)22(28)26-10-14(20(31-3)9-19(15)26)7-13-5-4-6-18(24)21(13)25/h6-8,10-12,14,19,29H,5,9,13H2,1-4H3;4-6,8-10,12,17,27H,7,11H2,1-3H3,(H,29,30)/t19-;17-/m11/s1. The molecule has 0 aliphatic rings. The van der Waals surface area contributed by atoms with Gasteiger partial charge in [-0.2, -0.15) is 0 Å². The predicted octanol–water partition coefficient (Wildman–Crippen LogP) is 8.72. The number of ether oxygens (including phenoxy) is 3. The van der Waals surface area contributed by atoms with Crippen LogP contribution in [0.25, 0.3) is 11.0 Å². The number of halogens is 4. The molecule has 2 atom stereocenters. The highest BCUT2D eigenvalue weighted by Crippen LogP contribution is 2.34. The number of aliphatic hydroxyl groups excluding tert-OH is 2. The molecule has 4 aromatic heterocycles. The van der Waals surface area contributed by atoms with Crippen molar-refractivity contribution in [2.75, 3.05) is 34.0 Å². The highest BCUT2D eigenvalue weighted by molar-refractivity contribution is 6.31. The first-order chi connectivity index (χ1) is 30.4. The van der Waals surface area contributed by atoms with Crippen molar-refractivity contribution in [2.45, 2.75) is 59.3 Å². The van der Waals surface area contributed by atoms with E-state index in [1.54, 1.807) is 43.3 Å². The molecule has 6 rings (SSSR count). The van der Waals surface area contributed by atoms with Gasteiger partial charge in [-0.05, 0) is 65.3 Å². The van der Waals surface area contributed by atoms with Crippen LogP contribution in [0.2, 0.25) is 10.0 Å². The topological polar surface area (TPSA) is 165 Å². The normalized spacial score (nSPS) is 12.3. The number of nitrogens with zero attached hydrogens (tertiary/aromatic N) is 2. The molecule has 0 bridgehead atoms. The Kier molecular flexibility index (Phi) is 16.3. The van der Waals surface area contributed by atoms with Gasteiger partial charge in [-0.1, -0.05) is 75.2 Å². The molecule has 340 valence electrons. The van der Waals surface area contributed by atoms with Crippen molar-refractivity contribution in [3.8, 4) is 11.5 Å². The van der Waals surface area contributed by atoms with Gasteiger partial charge >= 0.3 is 11.9 Å². The van der Waals surface area contributed by atoms with Crippen LogP contribution in [0.4, 0.5) is 8.78 Å². The number of carboxylic acid groups (broad SMARTS) is 1. The SMILES string of the molecule is CCOC(=O)c1cc([C@H](CO)C(C)C)c2cc(OC)c(Cc3cccc(Cl)c3F)cn2c1=O.COc1cc2c([C@H](CO)C(C)C)cc(C(=O)O)c(=O)n2cc1Cc1cccc(Cl)c1F. The lowest BCUT2D eigenvalue weighted by Crippen LogP contribution is -2.26. The fourth-order valence-electron chi connectivity index (χ4n) is 7.64. The van der Waals surface area contributed by atoms with Gasteiger partial charge in [-0.15, -0.1) is 0 Å². The maximum absolute atomic E-state index is 14.5. The lowest BCUT2D eigenvalue weighted by molar-refractivity contribution is 0.0523. The highest BCUT2D eigenvalue weighted by atomic mass is 35.5. The number of carbonyl (C=O) groups excluding carboxylic acids is 1. The predicted molar refractivity (Wildman–Crippen MR) is 241 cm³/mol. The van der Waals surface area contributed by atoms with Crippen LogP contribution in [0, 0.1) is 23.5 Å². The molecule has 6 aromatic rings. The molecule has 2 aromatic carbocycles. The zero-order valence-corrected chi connectivity index (χ0v) is 37.9. The fourth-order valence-corrected chi connectivity index (χ4v) is 8.03. The number of carbonyl (C=O) groups is 2. The van der Waals surface area contributed by atoms with Crippen LogP contribution >= 0.6 is 23.2 Å². The summed E-state index contributed by atoms with van der Waals surface area (Å²) in [7, 11) is 2.94. The van der Waals surface area contributed by atoms with Crippen LogP contribution in [0.3, 0.4) is 0 Å². The largest absolute Gasteiger partial charge is 0.496 e. The number of aliphatic hydroxyl groups is 2. The molecule has 3 N–H and O–H groups in total. The van der Waals surface area contributed by atoms with E-state index in [0.717, 1.165) is 0 Å². The van der Waals surface area contributed by atoms with E-state index >= 15 is 0 Å². The summed E-state index contributed by atoms with van der Waals surface area (Å²) < 4.78 is 47.7. The number of aromatic carboxylic acids is 1.